The maximum absolute atomic E-state index is 11.4. The van der Waals surface area contributed by atoms with Gasteiger partial charge in [0.2, 0.25) is 0 Å². The molecule has 0 aromatic carbocycles. The van der Waals surface area contributed by atoms with Gasteiger partial charge in [0, 0.05) is 10.7 Å². The number of hydrogen-bond acceptors (Lipinski definition) is 3. The van der Waals surface area contributed by atoms with E-state index in [1.807, 2.05) is 0 Å². The number of carbonyl (C=O) groups is 2. The third-order valence-electron chi connectivity index (χ3n) is 2.13. The zero-order valence-electron chi connectivity index (χ0n) is 7.55. The van der Waals surface area contributed by atoms with Crippen LogP contribution in [0.25, 0.3) is 0 Å². The van der Waals surface area contributed by atoms with Crippen molar-refractivity contribution in [2.75, 3.05) is 0 Å². The number of allylic oxidation sites excluding steroid dienone is 2. The molecular weight excluding hydrogens is 264 g/mol. The summed E-state index contributed by atoms with van der Waals surface area (Å²) < 4.78 is 0.784. The smallest absolute Gasteiger partial charge is 0.306 e. The van der Waals surface area contributed by atoms with Crippen molar-refractivity contribution in [3.05, 3.63) is 22.8 Å². The Morgan fingerprint density at radius 2 is 2.33 bits per heavy atom. The molecule has 6 heteroatoms. The molecule has 0 aromatic rings. The number of aliphatic carboxylic acids is 1. The molecule has 2 heterocycles. The van der Waals surface area contributed by atoms with Gasteiger partial charge in [-0.05, 0) is 28.1 Å². The van der Waals surface area contributed by atoms with Gasteiger partial charge in [-0.2, -0.15) is 4.99 Å². The summed E-state index contributed by atoms with van der Waals surface area (Å²) in [6.45, 7) is 0. The lowest BCUT2D eigenvalue weighted by atomic mass is 10.2. The Kier molecular flexibility index (Phi) is 2.44. The van der Waals surface area contributed by atoms with Crippen LogP contribution in [0.4, 0.5) is 0 Å². The third kappa shape index (κ3) is 1.85. The van der Waals surface area contributed by atoms with E-state index in [9.17, 15) is 9.59 Å². The lowest BCUT2D eigenvalue weighted by Gasteiger charge is -2.22. The normalized spacial score (nSPS) is 23.7. The summed E-state index contributed by atoms with van der Waals surface area (Å²) in [4.78, 5) is 27.3. The van der Waals surface area contributed by atoms with Crippen LogP contribution in [0.2, 0.25) is 0 Å². The first-order valence-corrected chi connectivity index (χ1v) is 5.05. The van der Waals surface area contributed by atoms with E-state index >= 15 is 0 Å². The molecule has 0 fully saturated rings. The minimum absolute atomic E-state index is 0.240. The van der Waals surface area contributed by atoms with Gasteiger partial charge in [-0.15, -0.1) is 0 Å². The van der Waals surface area contributed by atoms with Crippen molar-refractivity contribution in [2.24, 2.45) is 4.99 Å². The Morgan fingerprint density at radius 3 is 3.00 bits per heavy atom. The van der Waals surface area contributed by atoms with Crippen molar-refractivity contribution in [3.8, 4) is 0 Å². The maximum atomic E-state index is 11.4. The van der Waals surface area contributed by atoms with E-state index in [0.29, 0.717) is 5.84 Å². The molecule has 0 aliphatic carbocycles. The number of nitrogens with zero attached hydrogens (tertiary/aromatic N) is 2. The van der Waals surface area contributed by atoms with Gasteiger partial charge in [-0.25, -0.2) is 0 Å². The van der Waals surface area contributed by atoms with Crippen molar-refractivity contribution in [1.82, 2.24) is 4.90 Å². The van der Waals surface area contributed by atoms with E-state index < -0.39 is 17.9 Å². The summed E-state index contributed by atoms with van der Waals surface area (Å²) in [6.07, 6.45) is 4.85. The molecule has 1 atom stereocenters. The molecule has 2 aliphatic rings. The number of hydrogen-bond donors (Lipinski definition) is 1. The molecule has 1 N–H and O–H groups in total. The Morgan fingerprint density at radius 1 is 1.60 bits per heavy atom. The molecule has 0 radical (unpaired) electrons. The lowest BCUT2D eigenvalue weighted by Crippen LogP contribution is -2.36. The first-order valence-electron chi connectivity index (χ1n) is 4.26. The first-order chi connectivity index (χ1) is 7.08. The number of aliphatic imine (C=N–C) groups is 1. The highest BCUT2D eigenvalue weighted by atomic mass is 79.9. The minimum atomic E-state index is -1.01. The summed E-state index contributed by atoms with van der Waals surface area (Å²) in [5.41, 5.74) is 0. The Bertz CT molecular complexity index is 425. The molecule has 0 unspecified atom stereocenters. The molecule has 2 aliphatic heterocycles. The van der Waals surface area contributed by atoms with E-state index in [0.717, 1.165) is 4.48 Å². The van der Waals surface area contributed by atoms with Crippen LogP contribution >= 0.6 is 15.9 Å². The fraction of sp³-hybridized carbons (Fsp3) is 0.222. The second-order valence-electron chi connectivity index (χ2n) is 3.18. The number of carboxylic acid groups (broad SMARTS) is 1. The number of carbonyl (C=O) groups excluding carboxylic acids is 1. The lowest BCUT2D eigenvalue weighted by molar-refractivity contribution is -0.139. The quantitative estimate of drug-likeness (QED) is 0.809. The van der Waals surface area contributed by atoms with Crippen LogP contribution in [0.1, 0.15) is 6.42 Å². The number of amides is 1. The summed E-state index contributed by atoms with van der Waals surface area (Å²) in [7, 11) is 0. The zero-order valence-corrected chi connectivity index (χ0v) is 9.14. The van der Waals surface area contributed by atoms with Crippen molar-refractivity contribution in [3.63, 3.8) is 0 Å². The van der Waals surface area contributed by atoms with Gasteiger partial charge >= 0.3 is 5.97 Å². The van der Waals surface area contributed by atoms with Gasteiger partial charge in [0.15, 0.2) is 0 Å². The van der Waals surface area contributed by atoms with E-state index in [4.69, 9.17) is 5.11 Å². The molecule has 1 amide bonds. The topological polar surface area (TPSA) is 70.0 Å². The van der Waals surface area contributed by atoms with Crippen LogP contribution in [0, 0.1) is 0 Å². The van der Waals surface area contributed by atoms with E-state index in [-0.39, 0.29) is 6.42 Å². The van der Waals surface area contributed by atoms with Crippen molar-refractivity contribution >= 4 is 33.6 Å². The highest BCUT2D eigenvalue weighted by Gasteiger charge is 2.35. The first kappa shape index (κ1) is 10.1. The van der Waals surface area contributed by atoms with E-state index in [2.05, 4.69) is 20.9 Å². The number of halogens is 1. The number of carboxylic acids is 1. The molecule has 78 valence electrons. The van der Waals surface area contributed by atoms with Gasteiger partial charge in [0.25, 0.3) is 5.91 Å². The summed E-state index contributed by atoms with van der Waals surface area (Å²) in [5.74, 6) is -0.922. The molecule has 0 saturated heterocycles. The molecular formula is C9H7BrN2O3. The van der Waals surface area contributed by atoms with Gasteiger partial charge in [-0.1, -0.05) is 0 Å². The molecule has 2 rings (SSSR count). The average Bonchev–Trinajstić information content (AvgIpc) is 2.43. The SMILES string of the molecule is O=C(O)C[C@H]1C(=O)N=C2C=CC(Br)=CN21. The van der Waals surface area contributed by atoms with Crippen LogP contribution < -0.4 is 0 Å². The molecule has 0 spiro atoms. The monoisotopic (exact) mass is 270 g/mol. The number of rotatable bonds is 2. The highest BCUT2D eigenvalue weighted by molar-refractivity contribution is 9.11. The average molecular weight is 271 g/mol. The molecule has 5 nitrogen and oxygen atoms in total. The van der Waals surface area contributed by atoms with Gasteiger partial charge in [-0.3, -0.25) is 9.59 Å². The van der Waals surface area contributed by atoms with Crippen molar-refractivity contribution in [1.29, 1.82) is 0 Å². The third-order valence-corrected chi connectivity index (χ3v) is 2.60. The van der Waals surface area contributed by atoms with Gasteiger partial charge < -0.3 is 10.0 Å². The van der Waals surface area contributed by atoms with Crippen molar-refractivity contribution in [2.45, 2.75) is 12.5 Å². The van der Waals surface area contributed by atoms with E-state index in [1.54, 1.807) is 23.3 Å². The fourth-order valence-electron chi connectivity index (χ4n) is 1.48. The fourth-order valence-corrected chi connectivity index (χ4v) is 1.84. The van der Waals surface area contributed by atoms with Gasteiger partial charge in [0.1, 0.15) is 11.9 Å². The molecule has 0 bridgehead atoms. The Labute approximate surface area is 93.9 Å². The minimum Gasteiger partial charge on any atom is -0.481 e. The second-order valence-corrected chi connectivity index (χ2v) is 4.09. The largest absolute Gasteiger partial charge is 0.481 e. The van der Waals surface area contributed by atoms with E-state index in [1.165, 1.54) is 0 Å². The van der Waals surface area contributed by atoms with Crippen LogP contribution in [0.15, 0.2) is 27.8 Å². The summed E-state index contributed by atoms with van der Waals surface area (Å²) >= 11 is 3.26. The standard InChI is InChI=1S/C9H7BrN2O3/c10-5-1-2-7-11-9(15)6(3-8(13)14)12(7)4-5/h1-2,4,6H,3H2,(H,13,14)/t6-/m0/s1. The second kappa shape index (κ2) is 3.62. The zero-order chi connectivity index (χ0) is 11.0. The predicted molar refractivity (Wildman–Crippen MR) is 56.5 cm³/mol. The maximum Gasteiger partial charge on any atom is 0.306 e. The highest BCUT2D eigenvalue weighted by Crippen LogP contribution is 2.23. The Balaban J connectivity index is 2.27. The molecule has 0 aromatic heterocycles. The summed E-state index contributed by atoms with van der Waals surface area (Å²) in [6, 6.07) is -0.713. The van der Waals surface area contributed by atoms with Crippen LogP contribution in [-0.4, -0.2) is 33.8 Å². The van der Waals surface area contributed by atoms with Crippen molar-refractivity contribution < 1.29 is 14.7 Å². The number of fused-ring (bicyclic) bond motifs is 1. The van der Waals surface area contributed by atoms with Crippen LogP contribution in [-0.2, 0) is 9.59 Å². The Hall–Kier alpha value is -1.43. The molecule has 0 saturated carbocycles. The number of amidine groups is 1. The predicted octanol–water partition coefficient (Wildman–Crippen LogP) is 0.877. The summed E-state index contributed by atoms with van der Waals surface area (Å²) in [5, 5.41) is 8.67. The molecule has 15 heavy (non-hydrogen) atoms. The van der Waals surface area contributed by atoms with Crippen LogP contribution in [0.5, 0.6) is 0 Å². The van der Waals surface area contributed by atoms with Crippen LogP contribution in [0.3, 0.4) is 0 Å². The van der Waals surface area contributed by atoms with Gasteiger partial charge in [0.05, 0.1) is 6.42 Å².